The van der Waals surface area contributed by atoms with Crippen molar-refractivity contribution in [3.05, 3.63) is 128 Å². The molecule has 224 valence electrons. The molecule has 0 heterocycles. The van der Waals surface area contributed by atoms with E-state index in [2.05, 4.69) is 21.2 Å². The van der Waals surface area contributed by atoms with Crippen LogP contribution in [-0.2, 0) is 32.6 Å². The normalized spacial score (nSPS) is 11.9. The second kappa shape index (κ2) is 14.4. The van der Waals surface area contributed by atoms with Gasteiger partial charge in [-0.05, 0) is 60.5 Å². The maximum atomic E-state index is 14.3. The number of sulfonamides is 1. The Morgan fingerprint density at radius 1 is 0.860 bits per heavy atom. The number of amides is 2. The molecule has 0 fully saturated rings. The van der Waals surface area contributed by atoms with E-state index in [-0.39, 0.29) is 39.5 Å². The molecular formula is C32H30BrCl2N3O4S. The van der Waals surface area contributed by atoms with Gasteiger partial charge >= 0.3 is 0 Å². The van der Waals surface area contributed by atoms with E-state index in [1.54, 1.807) is 12.1 Å². The first-order chi connectivity index (χ1) is 20.5. The fourth-order valence-electron chi connectivity index (χ4n) is 4.56. The van der Waals surface area contributed by atoms with Crippen LogP contribution in [-0.4, -0.2) is 44.8 Å². The zero-order valence-electron chi connectivity index (χ0n) is 23.5. The molecule has 0 saturated heterocycles. The summed E-state index contributed by atoms with van der Waals surface area (Å²) in [5.41, 5.74) is 2.64. The minimum atomic E-state index is -4.24. The molecule has 0 aromatic heterocycles. The van der Waals surface area contributed by atoms with Crippen molar-refractivity contribution in [2.24, 2.45) is 0 Å². The molecule has 1 N–H and O–H groups in total. The van der Waals surface area contributed by atoms with Crippen LogP contribution in [0.15, 0.2) is 106 Å². The van der Waals surface area contributed by atoms with Gasteiger partial charge in [-0.1, -0.05) is 99.3 Å². The lowest BCUT2D eigenvalue weighted by Gasteiger charge is -2.33. The van der Waals surface area contributed by atoms with Gasteiger partial charge in [-0.15, -0.1) is 0 Å². The van der Waals surface area contributed by atoms with Crippen LogP contribution < -0.4 is 9.62 Å². The topological polar surface area (TPSA) is 86.8 Å². The van der Waals surface area contributed by atoms with Gasteiger partial charge in [0.2, 0.25) is 11.8 Å². The Hall–Kier alpha value is -3.37. The van der Waals surface area contributed by atoms with Crippen LogP contribution in [0.25, 0.3) is 0 Å². The van der Waals surface area contributed by atoms with E-state index in [4.69, 9.17) is 23.2 Å². The molecule has 0 aliphatic rings. The molecule has 0 saturated carbocycles. The summed E-state index contributed by atoms with van der Waals surface area (Å²) < 4.78 is 29.9. The number of hydrogen-bond donors (Lipinski definition) is 1. The first kappa shape index (κ1) is 32.5. The zero-order chi connectivity index (χ0) is 31.1. The summed E-state index contributed by atoms with van der Waals surface area (Å²) in [6.45, 7) is 1.32. The summed E-state index contributed by atoms with van der Waals surface area (Å²) in [4.78, 5) is 29.1. The zero-order valence-corrected chi connectivity index (χ0v) is 27.4. The van der Waals surface area contributed by atoms with Crippen molar-refractivity contribution in [3.8, 4) is 0 Å². The van der Waals surface area contributed by atoms with Crippen LogP contribution in [0.3, 0.4) is 0 Å². The smallest absolute Gasteiger partial charge is 0.264 e. The van der Waals surface area contributed by atoms with E-state index < -0.39 is 28.5 Å². The SMILES string of the molecule is CNC(=O)[C@H](Cc1ccccc1)N(Cc1cccc(Br)c1)C(=O)CN(c1ccc(Cl)c(Cl)c1)S(=O)(=O)c1ccc(C)cc1. The van der Waals surface area contributed by atoms with Gasteiger partial charge in [0.25, 0.3) is 10.0 Å². The lowest BCUT2D eigenvalue weighted by Crippen LogP contribution is -2.53. The monoisotopic (exact) mass is 701 g/mol. The number of aryl methyl sites for hydroxylation is 1. The number of nitrogens with one attached hydrogen (secondary N) is 1. The highest BCUT2D eigenvalue weighted by atomic mass is 79.9. The van der Waals surface area contributed by atoms with Gasteiger partial charge < -0.3 is 10.2 Å². The van der Waals surface area contributed by atoms with E-state index in [9.17, 15) is 18.0 Å². The van der Waals surface area contributed by atoms with Crippen molar-refractivity contribution < 1.29 is 18.0 Å². The van der Waals surface area contributed by atoms with Crippen LogP contribution in [0.4, 0.5) is 5.69 Å². The third-order valence-corrected chi connectivity index (χ3v) is 9.86. The molecule has 0 aliphatic carbocycles. The molecule has 1 atom stereocenters. The van der Waals surface area contributed by atoms with E-state index in [0.29, 0.717) is 0 Å². The van der Waals surface area contributed by atoms with Gasteiger partial charge in [-0.25, -0.2) is 8.42 Å². The largest absolute Gasteiger partial charge is 0.357 e. The minimum absolute atomic E-state index is 0.00245. The Bertz CT molecular complexity index is 1700. The molecular weight excluding hydrogens is 673 g/mol. The first-order valence-corrected chi connectivity index (χ1v) is 16.3. The summed E-state index contributed by atoms with van der Waals surface area (Å²) >= 11 is 15.9. The number of carbonyl (C=O) groups is 2. The Morgan fingerprint density at radius 3 is 2.16 bits per heavy atom. The fourth-order valence-corrected chi connectivity index (χ4v) is 6.70. The van der Waals surface area contributed by atoms with E-state index in [1.165, 1.54) is 42.3 Å². The van der Waals surface area contributed by atoms with Gasteiger partial charge in [0, 0.05) is 24.5 Å². The van der Waals surface area contributed by atoms with Crippen LogP contribution in [0.2, 0.25) is 10.0 Å². The van der Waals surface area contributed by atoms with Crippen molar-refractivity contribution in [2.45, 2.75) is 30.8 Å². The maximum Gasteiger partial charge on any atom is 0.264 e. The van der Waals surface area contributed by atoms with E-state index >= 15 is 0 Å². The van der Waals surface area contributed by atoms with E-state index in [0.717, 1.165) is 25.5 Å². The van der Waals surface area contributed by atoms with Gasteiger partial charge in [0.05, 0.1) is 20.6 Å². The maximum absolute atomic E-state index is 14.3. The molecule has 0 unspecified atom stereocenters. The molecule has 11 heteroatoms. The molecule has 4 aromatic carbocycles. The third-order valence-electron chi connectivity index (χ3n) is 6.84. The predicted octanol–water partition coefficient (Wildman–Crippen LogP) is 6.65. The summed E-state index contributed by atoms with van der Waals surface area (Å²) in [7, 11) is -2.74. The number of anilines is 1. The second-order valence-electron chi connectivity index (χ2n) is 9.89. The summed E-state index contributed by atoms with van der Waals surface area (Å²) in [6.07, 6.45) is 0.220. The lowest BCUT2D eigenvalue weighted by atomic mass is 10.0. The average Bonchev–Trinajstić information content (AvgIpc) is 2.99. The lowest BCUT2D eigenvalue weighted by molar-refractivity contribution is -0.139. The van der Waals surface area contributed by atoms with Crippen LogP contribution >= 0.6 is 39.1 Å². The quantitative estimate of drug-likeness (QED) is 0.190. The van der Waals surface area contributed by atoms with Crippen molar-refractivity contribution in [1.29, 1.82) is 0 Å². The highest BCUT2D eigenvalue weighted by molar-refractivity contribution is 9.10. The number of halogens is 3. The van der Waals surface area contributed by atoms with E-state index in [1.807, 2.05) is 61.5 Å². The number of benzene rings is 4. The van der Waals surface area contributed by atoms with Crippen molar-refractivity contribution in [3.63, 3.8) is 0 Å². The Kier molecular flexibility index (Phi) is 10.9. The molecule has 7 nitrogen and oxygen atoms in total. The molecule has 0 spiro atoms. The minimum Gasteiger partial charge on any atom is -0.357 e. The van der Waals surface area contributed by atoms with Gasteiger partial charge in [-0.3, -0.25) is 13.9 Å². The van der Waals surface area contributed by atoms with Gasteiger partial charge in [0.15, 0.2) is 0 Å². The predicted molar refractivity (Wildman–Crippen MR) is 175 cm³/mol. The molecule has 0 bridgehead atoms. The molecule has 43 heavy (non-hydrogen) atoms. The van der Waals surface area contributed by atoms with Crippen molar-refractivity contribution in [1.82, 2.24) is 10.2 Å². The summed E-state index contributed by atoms with van der Waals surface area (Å²) in [5.74, 6) is -0.957. The molecule has 0 radical (unpaired) electrons. The van der Waals surface area contributed by atoms with Crippen molar-refractivity contribution >= 4 is 66.7 Å². The van der Waals surface area contributed by atoms with Crippen LogP contribution in [0.5, 0.6) is 0 Å². The highest BCUT2D eigenvalue weighted by Crippen LogP contribution is 2.31. The third kappa shape index (κ3) is 8.17. The summed E-state index contributed by atoms with van der Waals surface area (Å²) in [6, 6.07) is 26.5. The van der Waals surface area contributed by atoms with Gasteiger partial charge in [-0.2, -0.15) is 0 Å². The number of hydrogen-bond acceptors (Lipinski definition) is 4. The number of nitrogens with zero attached hydrogens (tertiary/aromatic N) is 2. The summed E-state index contributed by atoms with van der Waals surface area (Å²) in [5, 5.41) is 3.04. The van der Waals surface area contributed by atoms with Crippen molar-refractivity contribution in [2.75, 3.05) is 17.9 Å². The number of carbonyl (C=O) groups excluding carboxylic acids is 2. The number of likely N-dealkylation sites (N-methyl/N-ethyl adjacent to an activating group) is 1. The Labute approximate surface area is 270 Å². The second-order valence-corrected chi connectivity index (χ2v) is 13.5. The van der Waals surface area contributed by atoms with Gasteiger partial charge in [0.1, 0.15) is 12.6 Å². The molecule has 2 amide bonds. The Balaban J connectivity index is 1.80. The first-order valence-electron chi connectivity index (χ1n) is 13.3. The Morgan fingerprint density at radius 2 is 1.53 bits per heavy atom. The number of rotatable bonds is 11. The average molecular weight is 703 g/mol. The highest BCUT2D eigenvalue weighted by Gasteiger charge is 2.34. The van der Waals surface area contributed by atoms with Crippen LogP contribution in [0, 0.1) is 6.92 Å². The molecule has 0 aliphatic heterocycles. The van der Waals surface area contributed by atoms with Crippen LogP contribution in [0.1, 0.15) is 16.7 Å². The standard InChI is InChI=1S/C32H30BrCl2N3O4S/c1-22-11-14-27(15-12-22)43(41,42)38(26-13-16-28(34)29(35)19-26)21-31(39)37(20-24-9-6-10-25(33)17-24)30(32(40)36-2)18-23-7-4-3-5-8-23/h3-17,19,30H,18,20-21H2,1-2H3,(H,36,40)/t30-/m0/s1. The fraction of sp³-hybridized carbons (Fsp3) is 0.188. The molecule has 4 aromatic rings. The molecule has 4 rings (SSSR count).